The van der Waals surface area contributed by atoms with Crippen molar-refractivity contribution < 1.29 is 4.74 Å². The van der Waals surface area contributed by atoms with Gasteiger partial charge in [0.05, 0.1) is 6.61 Å². The summed E-state index contributed by atoms with van der Waals surface area (Å²) in [6.07, 6.45) is 2.33. The van der Waals surface area contributed by atoms with Crippen molar-refractivity contribution in [3.05, 3.63) is 39.7 Å². The molecule has 0 radical (unpaired) electrons. The third-order valence-electron chi connectivity index (χ3n) is 4.25. The van der Waals surface area contributed by atoms with Gasteiger partial charge in [0.1, 0.15) is 5.75 Å². The second-order valence-electron chi connectivity index (χ2n) is 5.92. The number of pyridine rings is 1. The molecule has 23 heavy (non-hydrogen) atoms. The Kier molecular flexibility index (Phi) is 6.22. The Bertz CT molecular complexity index is 706. The van der Waals surface area contributed by atoms with Crippen LogP contribution in [0.4, 0.5) is 0 Å². The molecule has 0 bridgehead atoms. The van der Waals surface area contributed by atoms with Crippen molar-refractivity contribution in [3.8, 4) is 5.75 Å². The average molecular weight is 316 g/mol. The zero-order chi connectivity index (χ0) is 16.8. The highest BCUT2D eigenvalue weighted by Crippen LogP contribution is 2.19. The predicted octanol–water partition coefficient (Wildman–Crippen LogP) is 3.86. The number of aromatic amines is 1. The molecule has 0 atom stereocenters. The average Bonchev–Trinajstić information content (AvgIpc) is 2.55. The molecule has 0 aliphatic rings. The normalized spacial score (nSPS) is 11.3. The molecule has 1 aromatic heterocycles. The number of nitrogens with one attached hydrogen (secondary N) is 1. The van der Waals surface area contributed by atoms with Crippen LogP contribution in [0, 0.1) is 6.92 Å². The lowest BCUT2D eigenvalue weighted by molar-refractivity contribution is 0.274. The number of rotatable bonds is 8. The standard InChI is InChI=1S/C19H28N2O2/c1-5-8-11-21(6-2)13-17-14(4)20-18-10-9-15(23-7-3)12-16(18)19(17)22/h9-10,12H,5-8,11,13H2,1-4H3,(H,20,22). The number of unbranched alkanes of at least 4 members (excludes halogenated alkanes) is 1. The summed E-state index contributed by atoms with van der Waals surface area (Å²) >= 11 is 0. The molecule has 0 unspecified atom stereocenters. The van der Waals surface area contributed by atoms with Crippen LogP contribution in [-0.4, -0.2) is 29.6 Å². The maximum atomic E-state index is 12.9. The summed E-state index contributed by atoms with van der Waals surface area (Å²) in [5.41, 5.74) is 2.81. The van der Waals surface area contributed by atoms with Gasteiger partial charge in [-0.2, -0.15) is 0 Å². The third-order valence-corrected chi connectivity index (χ3v) is 4.25. The van der Waals surface area contributed by atoms with Gasteiger partial charge in [0.15, 0.2) is 5.43 Å². The van der Waals surface area contributed by atoms with Gasteiger partial charge in [0.25, 0.3) is 0 Å². The molecule has 2 rings (SSSR count). The van der Waals surface area contributed by atoms with Crippen molar-refractivity contribution in [2.24, 2.45) is 0 Å². The van der Waals surface area contributed by atoms with Crippen LogP contribution in [0.15, 0.2) is 23.0 Å². The fourth-order valence-electron chi connectivity index (χ4n) is 2.83. The quantitative estimate of drug-likeness (QED) is 0.804. The summed E-state index contributed by atoms with van der Waals surface area (Å²) in [7, 11) is 0. The molecule has 1 aromatic carbocycles. The van der Waals surface area contributed by atoms with E-state index in [1.165, 1.54) is 6.42 Å². The maximum Gasteiger partial charge on any atom is 0.194 e. The molecule has 0 aliphatic heterocycles. The first-order valence-electron chi connectivity index (χ1n) is 8.61. The number of benzene rings is 1. The summed E-state index contributed by atoms with van der Waals surface area (Å²) in [4.78, 5) is 18.6. The van der Waals surface area contributed by atoms with Crippen molar-refractivity contribution in [3.63, 3.8) is 0 Å². The molecule has 0 saturated carbocycles. The van der Waals surface area contributed by atoms with Crippen LogP contribution in [0.2, 0.25) is 0 Å². The van der Waals surface area contributed by atoms with E-state index in [1.807, 2.05) is 32.0 Å². The Morgan fingerprint density at radius 2 is 2.00 bits per heavy atom. The number of ether oxygens (including phenoxy) is 1. The molecule has 0 fully saturated rings. The van der Waals surface area contributed by atoms with Gasteiger partial charge in [-0.1, -0.05) is 20.3 Å². The van der Waals surface area contributed by atoms with E-state index >= 15 is 0 Å². The lowest BCUT2D eigenvalue weighted by atomic mass is 10.1. The summed E-state index contributed by atoms with van der Waals surface area (Å²) in [6, 6.07) is 5.68. The van der Waals surface area contributed by atoms with Crippen molar-refractivity contribution >= 4 is 10.9 Å². The number of aryl methyl sites for hydroxylation is 1. The first kappa shape index (κ1) is 17.5. The van der Waals surface area contributed by atoms with Crippen LogP contribution in [-0.2, 0) is 6.54 Å². The van der Waals surface area contributed by atoms with Crippen molar-refractivity contribution in [1.29, 1.82) is 0 Å². The van der Waals surface area contributed by atoms with E-state index < -0.39 is 0 Å². The molecule has 126 valence electrons. The molecule has 4 heteroatoms. The first-order chi connectivity index (χ1) is 11.1. The van der Waals surface area contributed by atoms with E-state index in [0.29, 0.717) is 18.5 Å². The Morgan fingerprint density at radius 1 is 1.22 bits per heavy atom. The van der Waals surface area contributed by atoms with Crippen LogP contribution in [0.5, 0.6) is 5.75 Å². The second kappa shape index (κ2) is 8.16. The summed E-state index contributed by atoms with van der Waals surface area (Å²) < 4.78 is 5.53. The Morgan fingerprint density at radius 3 is 2.65 bits per heavy atom. The number of H-pyrrole nitrogens is 1. The SMILES string of the molecule is CCCCN(CC)Cc1c(C)[nH]c2ccc(OCC)cc2c1=O. The molecule has 1 heterocycles. The third kappa shape index (κ3) is 4.14. The molecule has 0 saturated heterocycles. The van der Waals surface area contributed by atoms with E-state index in [2.05, 4.69) is 23.7 Å². The summed E-state index contributed by atoms with van der Waals surface area (Å²) in [5, 5.41) is 0.711. The fourth-order valence-corrected chi connectivity index (χ4v) is 2.83. The highest BCUT2D eigenvalue weighted by atomic mass is 16.5. The number of fused-ring (bicyclic) bond motifs is 1. The Hall–Kier alpha value is -1.81. The molecule has 4 nitrogen and oxygen atoms in total. The Labute approximate surface area is 138 Å². The maximum absolute atomic E-state index is 12.9. The van der Waals surface area contributed by atoms with Crippen LogP contribution in [0.25, 0.3) is 10.9 Å². The molecule has 0 aliphatic carbocycles. The highest BCUT2D eigenvalue weighted by Gasteiger charge is 2.13. The minimum atomic E-state index is 0.118. The van der Waals surface area contributed by atoms with Gasteiger partial charge in [-0.15, -0.1) is 0 Å². The molecule has 0 amide bonds. The van der Waals surface area contributed by atoms with Gasteiger partial charge in [0.2, 0.25) is 0 Å². The Balaban J connectivity index is 2.40. The predicted molar refractivity (Wildman–Crippen MR) is 96.3 cm³/mol. The highest BCUT2D eigenvalue weighted by molar-refractivity contribution is 5.81. The number of hydrogen-bond acceptors (Lipinski definition) is 3. The van der Waals surface area contributed by atoms with E-state index in [1.54, 1.807) is 0 Å². The molecule has 1 N–H and O–H groups in total. The van der Waals surface area contributed by atoms with Gasteiger partial charge in [0, 0.05) is 28.7 Å². The van der Waals surface area contributed by atoms with Crippen LogP contribution in [0.1, 0.15) is 44.9 Å². The lowest BCUT2D eigenvalue weighted by Gasteiger charge is -2.21. The molecule has 2 aromatic rings. The zero-order valence-electron chi connectivity index (χ0n) is 14.7. The van der Waals surface area contributed by atoms with Gasteiger partial charge in [-0.05, 0) is 51.6 Å². The van der Waals surface area contributed by atoms with E-state index in [4.69, 9.17) is 4.74 Å². The largest absolute Gasteiger partial charge is 0.494 e. The fraction of sp³-hybridized carbons (Fsp3) is 0.526. The van der Waals surface area contributed by atoms with Crippen molar-refractivity contribution in [2.75, 3.05) is 19.7 Å². The van der Waals surface area contributed by atoms with E-state index in [9.17, 15) is 4.79 Å². The minimum Gasteiger partial charge on any atom is -0.494 e. The number of hydrogen-bond donors (Lipinski definition) is 1. The van der Waals surface area contributed by atoms with Crippen LogP contribution in [0.3, 0.4) is 0 Å². The van der Waals surface area contributed by atoms with Gasteiger partial charge in [-0.3, -0.25) is 9.69 Å². The van der Waals surface area contributed by atoms with E-state index in [-0.39, 0.29) is 5.43 Å². The van der Waals surface area contributed by atoms with Gasteiger partial charge < -0.3 is 9.72 Å². The van der Waals surface area contributed by atoms with Gasteiger partial charge in [-0.25, -0.2) is 0 Å². The van der Waals surface area contributed by atoms with Crippen molar-refractivity contribution in [2.45, 2.75) is 47.1 Å². The zero-order valence-corrected chi connectivity index (χ0v) is 14.7. The smallest absolute Gasteiger partial charge is 0.194 e. The molecular formula is C19H28N2O2. The minimum absolute atomic E-state index is 0.118. The monoisotopic (exact) mass is 316 g/mol. The van der Waals surface area contributed by atoms with Crippen molar-refractivity contribution in [1.82, 2.24) is 9.88 Å². The summed E-state index contributed by atoms with van der Waals surface area (Å²) in [6.45, 7) is 11.6. The van der Waals surface area contributed by atoms with Crippen LogP contribution < -0.4 is 10.2 Å². The van der Waals surface area contributed by atoms with Gasteiger partial charge >= 0.3 is 0 Å². The molecule has 0 spiro atoms. The first-order valence-corrected chi connectivity index (χ1v) is 8.61. The topological polar surface area (TPSA) is 45.3 Å². The number of nitrogens with zero attached hydrogens (tertiary/aromatic N) is 1. The summed E-state index contributed by atoms with van der Waals surface area (Å²) in [5.74, 6) is 0.749. The molecular weight excluding hydrogens is 288 g/mol. The number of aromatic nitrogens is 1. The lowest BCUT2D eigenvalue weighted by Crippen LogP contribution is -2.28. The second-order valence-corrected chi connectivity index (χ2v) is 5.92. The van der Waals surface area contributed by atoms with Crippen LogP contribution >= 0.6 is 0 Å². The van der Waals surface area contributed by atoms with E-state index in [0.717, 1.165) is 42.0 Å².